The van der Waals surface area contributed by atoms with Gasteiger partial charge in [-0.1, -0.05) is 162 Å². The van der Waals surface area contributed by atoms with Gasteiger partial charge in [0.2, 0.25) is 6.71 Å². The van der Waals surface area contributed by atoms with Crippen LogP contribution in [0.1, 0.15) is 0 Å². The minimum absolute atomic E-state index is 0.212. The summed E-state index contributed by atoms with van der Waals surface area (Å²) < 4.78 is 0. The van der Waals surface area contributed by atoms with Crippen LogP contribution in [0.25, 0.3) is 65.3 Å². The van der Waals surface area contributed by atoms with Crippen molar-refractivity contribution in [3.8, 4) is 22.3 Å². The Hall–Kier alpha value is -5.22. The van der Waals surface area contributed by atoms with Crippen molar-refractivity contribution in [1.82, 2.24) is 0 Å². The molecule has 0 saturated carbocycles. The van der Waals surface area contributed by atoms with Gasteiger partial charge in [0.1, 0.15) is 0 Å². The van der Waals surface area contributed by atoms with Gasteiger partial charge in [-0.25, -0.2) is 0 Å². The van der Waals surface area contributed by atoms with Gasteiger partial charge >= 0.3 is 0 Å². The van der Waals surface area contributed by atoms with Crippen LogP contribution in [0.3, 0.4) is 0 Å². The monoisotopic (exact) mass is 654 g/mol. The van der Waals surface area contributed by atoms with E-state index in [-0.39, 0.29) is 6.71 Å². The van der Waals surface area contributed by atoms with E-state index in [1.54, 1.807) is 0 Å². The van der Waals surface area contributed by atoms with Crippen molar-refractivity contribution < 1.29 is 0 Å². The molecule has 0 nitrogen and oxygen atoms in total. The van der Waals surface area contributed by atoms with Gasteiger partial charge in [-0.05, 0) is 107 Å². The molecule has 9 aromatic rings. The second kappa shape index (κ2) is 10.6. The normalized spacial score (nSPS) is 13.1. The molecule has 0 amide bonds. The molecule has 0 spiro atoms. The van der Waals surface area contributed by atoms with E-state index in [2.05, 4.69) is 164 Å². The van der Waals surface area contributed by atoms with Crippen molar-refractivity contribution in [3.05, 3.63) is 164 Å². The second-order valence-corrected chi connectivity index (χ2v) is 15.4. The second-order valence-electron chi connectivity index (χ2n) is 13.2. The number of hydrogen-bond donors (Lipinski definition) is 0. The Morgan fingerprint density at radius 2 is 0.755 bits per heavy atom. The first kappa shape index (κ1) is 27.7. The van der Waals surface area contributed by atoms with Crippen molar-refractivity contribution in [2.24, 2.45) is 0 Å². The van der Waals surface area contributed by atoms with Crippen molar-refractivity contribution in [3.63, 3.8) is 0 Å². The predicted molar refractivity (Wildman–Crippen MR) is 213 cm³/mol. The summed E-state index contributed by atoms with van der Waals surface area (Å²) in [4.78, 5) is 5.45. The van der Waals surface area contributed by atoms with E-state index in [9.17, 15) is 0 Å². The van der Waals surface area contributed by atoms with Gasteiger partial charge in [-0.15, -0.1) is 0 Å². The fraction of sp³-hybridized carbons (Fsp3) is 0. The fourth-order valence-corrected chi connectivity index (χ4v) is 10.8. The molecule has 9 aromatic carbocycles. The quantitative estimate of drug-likeness (QED) is 0.134. The number of rotatable bonds is 2. The predicted octanol–water partition coefficient (Wildman–Crippen LogP) is 11.1. The molecular weight excluding hydrogens is 627 g/mol. The zero-order valence-corrected chi connectivity index (χ0v) is 28.1. The highest BCUT2D eigenvalue weighted by molar-refractivity contribution is 8.01. The van der Waals surface area contributed by atoms with Crippen LogP contribution in [0.2, 0.25) is 0 Å². The van der Waals surface area contributed by atoms with Gasteiger partial charge in [-0.3, -0.25) is 0 Å². The SMILES string of the molecule is c1cc2c3c(c1)Sc1cc(-c4cc5ccccc5c5ccccc45)ccc1B3c1ccc(-c3cc4ccccc4c4ccccc34)cc1S2. The maximum atomic E-state index is 2.45. The molecule has 0 fully saturated rings. The maximum Gasteiger partial charge on any atom is 0.247 e. The van der Waals surface area contributed by atoms with E-state index in [1.165, 1.54) is 101 Å². The highest BCUT2D eigenvalue weighted by Gasteiger charge is 2.38. The topological polar surface area (TPSA) is 0 Å². The smallest absolute Gasteiger partial charge is 0.0911 e. The van der Waals surface area contributed by atoms with Gasteiger partial charge in [-0.2, -0.15) is 0 Å². The summed E-state index contributed by atoms with van der Waals surface area (Å²) in [6.45, 7) is 0.212. The summed E-state index contributed by atoms with van der Waals surface area (Å²) in [5, 5.41) is 10.4. The van der Waals surface area contributed by atoms with Gasteiger partial charge in [0.25, 0.3) is 0 Å². The highest BCUT2D eigenvalue weighted by Crippen LogP contribution is 2.43. The average Bonchev–Trinajstić information content (AvgIpc) is 3.16. The molecule has 0 unspecified atom stereocenters. The van der Waals surface area contributed by atoms with Gasteiger partial charge in [0, 0.05) is 19.6 Å². The lowest BCUT2D eigenvalue weighted by atomic mass is 9.36. The molecule has 2 aliphatic rings. The molecule has 0 aliphatic carbocycles. The van der Waals surface area contributed by atoms with Gasteiger partial charge in [0.05, 0.1) is 0 Å². The van der Waals surface area contributed by atoms with Crippen LogP contribution in [0.5, 0.6) is 0 Å². The first-order chi connectivity index (χ1) is 24.3. The molecule has 11 rings (SSSR count). The Balaban J connectivity index is 1.08. The van der Waals surface area contributed by atoms with Crippen LogP contribution in [0, 0.1) is 0 Å². The van der Waals surface area contributed by atoms with Crippen molar-refractivity contribution >= 4 is 89.7 Å². The highest BCUT2D eigenvalue weighted by atomic mass is 32.2. The summed E-state index contributed by atoms with van der Waals surface area (Å²) in [5.41, 5.74) is 9.42. The third-order valence-corrected chi connectivity index (χ3v) is 12.9. The van der Waals surface area contributed by atoms with E-state index < -0.39 is 0 Å². The molecule has 0 N–H and O–H groups in total. The molecule has 2 aliphatic heterocycles. The molecule has 3 heteroatoms. The maximum absolute atomic E-state index is 2.45. The summed E-state index contributed by atoms with van der Waals surface area (Å²) in [7, 11) is 0. The van der Waals surface area contributed by atoms with E-state index >= 15 is 0 Å². The van der Waals surface area contributed by atoms with Crippen molar-refractivity contribution in [2.75, 3.05) is 0 Å². The largest absolute Gasteiger partial charge is 0.247 e. The summed E-state index contributed by atoms with van der Waals surface area (Å²) in [6, 6.07) is 61.3. The molecule has 2 heterocycles. The van der Waals surface area contributed by atoms with Crippen LogP contribution in [0.15, 0.2) is 183 Å². The Labute approximate surface area is 293 Å². The summed E-state index contributed by atoms with van der Waals surface area (Å²) in [5.74, 6) is 0. The number of fused-ring (bicyclic) bond motifs is 10. The van der Waals surface area contributed by atoms with Crippen molar-refractivity contribution in [2.45, 2.75) is 19.6 Å². The molecule has 226 valence electrons. The molecular formula is C46H27BS2. The van der Waals surface area contributed by atoms with E-state index in [1.807, 2.05) is 23.5 Å². The zero-order valence-electron chi connectivity index (χ0n) is 26.5. The van der Waals surface area contributed by atoms with Crippen LogP contribution in [0.4, 0.5) is 0 Å². The molecule has 0 aromatic heterocycles. The Kier molecular flexibility index (Phi) is 6.02. The Morgan fingerprint density at radius 3 is 1.24 bits per heavy atom. The lowest BCUT2D eigenvalue weighted by Gasteiger charge is -2.33. The summed E-state index contributed by atoms with van der Waals surface area (Å²) >= 11 is 3.86. The van der Waals surface area contributed by atoms with Crippen molar-refractivity contribution in [1.29, 1.82) is 0 Å². The molecule has 0 atom stereocenters. The van der Waals surface area contributed by atoms with Gasteiger partial charge < -0.3 is 0 Å². The molecule has 0 bridgehead atoms. The minimum atomic E-state index is 0.212. The number of benzene rings is 9. The van der Waals surface area contributed by atoms with Crippen LogP contribution in [-0.4, -0.2) is 6.71 Å². The van der Waals surface area contributed by atoms with E-state index in [0.717, 1.165) is 0 Å². The van der Waals surface area contributed by atoms with E-state index in [0.29, 0.717) is 0 Å². The Bertz CT molecular complexity index is 2660. The standard InChI is InChI=1S/C46H27BS2/c1-3-12-32-28(10-1)24-38(36-16-7-5-14-34(32)36)30-20-22-40-44(26-30)48-42-18-9-19-43-46(42)47(40)41-23-21-31(27-45(41)49-43)39-25-29-11-2-4-13-33(29)35-15-6-8-17-37(35)39/h1-27H. The van der Waals surface area contributed by atoms with Crippen LogP contribution >= 0.6 is 23.5 Å². The Morgan fingerprint density at radius 1 is 0.327 bits per heavy atom. The lowest BCUT2D eigenvalue weighted by molar-refractivity contribution is 1.33. The van der Waals surface area contributed by atoms with Crippen LogP contribution < -0.4 is 16.4 Å². The number of hydrogen-bond acceptors (Lipinski definition) is 2. The zero-order chi connectivity index (χ0) is 32.1. The molecule has 49 heavy (non-hydrogen) atoms. The third kappa shape index (κ3) is 4.16. The minimum Gasteiger partial charge on any atom is -0.0911 e. The van der Waals surface area contributed by atoms with E-state index in [4.69, 9.17) is 0 Å². The fourth-order valence-electron chi connectivity index (χ4n) is 8.35. The first-order valence-corrected chi connectivity index (χ1v) is 18.5. The molecule has 0 saturated heterocycles. The molecule has 0 radical (unpaired) electrons. The lowest BCUT2D eigenvalue weighted by Crippen LogP contribution is -2.57. The van der Waals surface area contributed by atoms with Gasteiger partial charge in [0.15, 0.2) is 0 Å². The van der Waals surface area contributed by atoms with Crippen LogP contribution in [-0.2, 0) is 0 Å². The third-order valence-electron chi connectivity index (χ3n) is 10.6. The summed E-state index contributed by atoms with van der Waals surface area (Å²) in [6.07, 6.45) is 0. The average molecular weight is 655 g/mol. The first-order valence-electron chi connectivity index (χ1n) is 16.9.